The minimum Gasteiger partial charge on any atom is -0.199 e. The average molecular weight is 329 g/mol. The summed E-state index contributed by atoms with van der Waals surface area (Å²) < 4.78 is 26.8. The molecule has 1 heterocycles. The van der Waals surface area contributed by atoms with Gasteiger partial charge in [-0.15, -0.1) is 0 Å². The molecule has 2 rings (SSSR count). The summed E-state index contributed by atoms with van der Waals surface area (Å²) in [6.45, 7) is 5.35. The molecule has 0 aliphatic rings. The lowest BCUT2D eigenvalue weighted by molar-refractivity contribution is 0.577. The number of aromatic nitrogens is 2. The molecule has 1 aromatic heterocycles. The molecular formula is C12H13BrN2O2S. The van der Waals surface area contributed by atoms with Crippen LogP contribution >= 0.6 is 15.9 Å². The largest absolute Gasteiger partial charge is 0.283 e. The fourth-order valence-electron chi connectivity index (χ4n) is 1.73. The van der Waals surface area contributed by atoms with E-state index in [0.29, 0.717) is 11.4 Å². The van der Waals surface area contributed by atoms with Crippen LogP contribution in [0.15, 0.2) is 33.6 Å². The van der Waals surface area contributed by atoms with Crippen molar-refractivity contribution >= 4 is 26.0 Å². The van der Waals surface area contributed by atoms with Crippen molar-refractivity contribution in [1.82, 2.24) is 9.19 Å². The summed E-state index contributed by atoms with van der Waals surface area (Å²) in [7, 11) is -3.60. The van der Waals surface area contributed by atoms with E-state index in [1.807, 2.05) is 6.92 Å². The van der Waals surface area contributed by atoms with Crippen molar-refractivity contribution in [2.24, 2.45) is 0 Å². The Kier molecular flexibility index (Phi) is 3.33. The van der Waals surface area contributed by atoms with Crippen LogP contribution in [0.4, 0.5) is 0 Å². The summed E-state index contributed by atoms with van der Waals surface area (Å²) in [5, 5.41) is 4.03. The Morgan fingerprint density at radius 2 is 1.83 bits per heavy atom. The molecule has 0 saturated carbocycles. The Hall–Kier alpha value is -1.14. The van der Waals surface area contributed by atoms with Gasteiger partial charge in [0, 0.05) is 4.47 Å². The summed E-state index contributed by atoms with van der Waals surface area (Å²) in [6, 6.07) is 6.68. The Morgan fingerprint density at radius 1 is 1.17 bits per heavy atom. The first-order valence-corrected chi connectivity index (χ1v) is 7.60. The second kappa shape index (κ2) is 4.51. The number of benzene rings is 1. The number of aryl methyl sites for hydroxylation is 3. The highest BCUT2D eigenvalue weighted by atomic mass is 79.9. The van der Waals surface area contributed by atoms with Crippen LogP contribution in [0, 0.1) is 20.8 Å². The molecule has 0 N–H and O–H groups in total. The number of hydrogen-bond acceptors (Lipinski definition) is 3. The molecule has 96 valence electrons. The quantitative estimate of drug-likeness (QED) is 0.851. The van der Waals surface area contributed by atoms with Crippen molar-refractivity contribution in [1.29, 1.82) is 0 Å². The lowest BCUT2D eigenvalue weighted by Crippen LogP contribution is -2.16. The van der Waals surface area contributed by atoms with Crippen molar-refractivity contribution in [3.05, 3.63) is 45.7 Å². The predicted molar refractivity (Wildman–Crippen MR) is 73.2 cm³/mol. The summed E-state index contributed by atoms with van der Waals surface area (Å²) in [5.74, 6) is 0. The Bertz CT molecular complexity index is 705. The Balaban J connectivity index is 2.61. The van der Waals surface area contributed by atoms with E-state index in [2.05, 4.69) is 21.0 Å². The lowest BCUT2D eigenvalue weighted by atomic mass is 10.2. The van der Waals surface area contributed by atoms with E-state index in [0.717, 1.165) is 14.1 Å². The first-order chi connectivity index (χ1) is 8.32. The SMILES string of the molecule is Cc1cc(C)n(S(=O)(=O)c2ccc(Br)c(C)c2)n1. The third-order valence-corrected chi connectivity index (χ3v) is 5.19. The third kappa shape index (κ3) is 2.22. The van der Waals surface area contributed by atoms with E-state index in [1.165, 1.54) is 0 Å². The van der Waals surface area contributed by atoms with Gasteiger partial charge in [0.2, 0.25) is 0 Å². The van der Waals surface area contributed by atoms with Gasteiger partial charge in [0.05, 0.1) is 16.3 Å². The summed E-state index contributed by atoms with van der Waals surface area (Å²) in [5.41, 5.74) is 2.16. The van der Waals surface area contributed by atoms with Gasteiger partial charge in [0.1, 0.15) is 0 Å². The van der Waals surface area contributed by atoms with Gasteiger partial charge in [-0.25, -0.2) is 0 Å². The van der Waals surface area contributed by atoms with Crippen molar-refractivity contribution in [2.45, 2.75) is 25.7 Å². The maximum atomic E-state index is 12.4. The van der Waals surface area contributed by atoms with Crippen molar-refractivity contribution < 1.29 is 8.42 Å². The number of hydrogen-bond donors (Lipinski definition) is 0. The molecule has 0 spiro atoms. The molecular weight excluding hydrogens is 316 g/mol. The normalized spacial score (nSPS) is 11.8. The van der Waals surface area contributed by atoms with Gasteiger partial charge in [0.25, 0.3) is 10.0 Å². The van der Waals surface area contributed by atoms with Crippen LogP contribution in [0.3, 0.4) is 0 Å². The average Bonchev–Trinajstić information content (AvgIpc) is 2.62. The molecule has 6 heteroatoms. The first-order valence-electron chi connectivity index (χ1n) is 5.37. The highest BCUT2D eigenvalue weighted by Gasteiger charge is 2.20. The van der Waals surface area contributed by atoms with Crippen molar-refractivity contribution in [2.75, 3.05) is 0 Å². The van der Waals surface area contributed by atoms with Gasteiger partial charge >= 0.3 is 0 Å². The molecule has 0 fully saturated rings. The topological polar surface area (TPSA) is 52.0 Å². The van der Waals surface area contributed by atoms with Crippen LogP contribution in [0.2, 0.25) is 0 Å². The van der Waals surface area contributed by atoms with Crippen molar-refractivity contribution in [3.63, 3.8) is 0 Å². The van der Waals surface area contributed by atoms with Gasteiger partial charge < -0.3 is 0 Å². The standard InChI is InChI=1S/C12H13BrN2O2S/c1-8-6-11(4-5-12(8)13)18(16,17)15-10(3)7-9(2)14-15/h4-7H,1-3H3. The maximum absolute atomic E-state index is 12.4. The Labute approximate surface area is 115 Å². The van der Waals surface area contributed by atoms with E-state index in [4.69, 9.17) is 0 Å². The second-order valence-electron chi connectivity index (χ2n) is 4.19. The summed E-state index contributed by atoms with van der Waals surface area (Å²) in [6.07, 6.45) is 0. The second-order valence-corrected chi connectivity index (χ2v) is 6.81. The monoisotopic (exact) mass is 328 g/mol. The van der Waals surface area contributed by atoms with Gasteiger partial charge in [-0.1, -0.05) is 15.9 Å². The van der Waals surface area contributed by atoms with Crippen LogP contribution in [0.25, 0.3) is 0 Å². The fraction of sp³-hybridized carbons (Fsp3) is 0.250. The van der Waals surface area contributed by atoms with E-state index in [9.17, 15) is 8.42 Å². The lowest BCUT2D eigenvalue weighted by Gasteiger charge is -2.08. The minimum absolute atomic E-state index is 0.245. The summed E-state index contributed by atoms with van der Waals surface area (Å²) >= 11 is 3.35. The molecule has 18 heavy (non-hydrogen) atoms. The van der Waals surface area contributed by atoms with E-state index in [1.54, 1.807) is 38.1 Å². The van der Waals surface area contributed by atoms with Crippen LogP contribution in [-0.2, 0) is 10.0 Å². The van der Waals surface area contributed by atoms with Gasteiger partial charge in [-0.3, -0.25) is 0 Å². The number of rotatable bonds is 2. The molecule has 0 atom stereocenters. The van der Waals surface area contributed by atoms with Crippen LogP contribution in [0.5, 0.6) is 0 Å². The van der Waals surface area contributed by atoms with Crippen molar-refractivity contribution in [3.8, 4) is 0 Å². The van der Waals surface area contributed by atoms with E-state index < -0.39 is 10.0 Å². The fourth-order valence-corrected chi connectivity index (χ4v) is 3.41. The van der Waals surface area contributed by atoms with Crippen LogP contribution in [-0.4, -0.2) is 17.6 Å². The molecule has 4 nitrogen and oxygen atoms in total. The van der Waals surface area contributed by atoms with Crippen LogP contribution in [0.1, 0.15) is 17.0 Å². The highest BCUT2D eigenvalue weighted by Crippen LogP contribution is 2.22. The van der Waals surface area contributed by atoms with E-state index >= 15 is 0 Å². The third-order valence-electron chi connectivity index (χ3n) is 2.62. The predicted octanol–water partition coefficient (Wildman–Crippen LogP) is 2.81. The zero-order valence-electron chi connectivity index (χ0n) is 10.3. The number of nitrogens with zero attached hydrogens (tertiary/aromatic N) is 2. The zero-order chi connectivity index (χ0) is 13.5. The number of halogens is 1. The van der Waals surface area contributed by atoms with Crippen LogP contribution < -0.4 is 0 Å². The Morgan fingerprint density at radius 3 is 2.33 bits per heavy atom. The summed E-state index contributed by atoms with van der Waals surface area (Å²) in [4.78, 5) is 0.245. The van der Waals surface area contributed by atoms with Gasteiger partial charge in [-0.2, -0.15) is 17.6 Å². The first kappa shape index (κ1) is 13.3. The zero-order valence-corrected chi connectivity index (χ0v) is 12.7. The molecule has 0 amide bonds. The molecule has 0 radical (unpaired) electrons. The maximum Gasteiger partial charge on any atom is 0.283 e. The molecule has 0 bridgehead atoms. The molecule has 1 aromatic carbocycles. The smallest absolute Gasteiger partial charge is 0.199 e. The molecule has 0 aliphatic carbocycles. The molecule has 0 aliphatic heterocycles. The molecule has 0 saturated heterocycles. The molecule has 0 unspecified atom stereocenters. The van der Waals surface area contributed by atoms with E-state index in [-0.39, 0.29) is 4.90 Å². The van der Waals surface area contributed by atoms with Gasteiger partial charge in [-0.05, 0) is 50.6 Å². The minimum atomic E-state index is -3.60. The molecule has 2 aromatic rings. The highest BCUT2D eigenvalue weighted by molar-refractivity contribution is 9.10. The van der Waals surface area contributed by atoms with Gasteiger partial charge in [0.15, 0.2) is 0 Å².